The largest absolute Gasteiger partial charge is 0.488 e. The Morgan fingerprint density at radius 1 is 1.03 bits per heavy atom. The van der Waals surface area contributed by atoms with Gasteiger partial charge in [-0.1, -0.05) is 78.9 Å². The van der Waals surface area contributed by atoms with Crippen LogP contribution in [0, 0.1) is 0 Å². The lowest BCUT2D eigenvalue weighted by molar-refractivity contribution is -0.124. The second-order valence-corrected chi connectivity index (χ2v) is 10.5. The van der Waals surface area contributed by atoms with Crippen LogP contribution in [0.15, 0.2) is 76.9 Å². The topological polar surface area (TPSA) is 54.8 Å². The van der Waals surface area contributed by atoms with Gasteiger partial charge in [0.15, 0.2) is 5.17 Å². The highest BCUT2D eigenvalue weighted by molar-refractivity contribution is 8.18. The van der Waals surface area contributed by atoms with Crippen molar-refractivity contribution in [1.82, 2.24) is 9.88 Å². The van der Waals surface area contributed by atoms with Crippen LogP contribution >= 0.6 is 35.0 Å². The molecule has 2 fully saturated rings. The highest BCUT2D eigenvalue weighted by atomic mass is 35.5. The number of hydrogen-bond acceptors (Lipinski definition) is 5. The van der Waals surface area contributed by atoms with Crippen molar-refractivity contribution in [2.24, 2.45) is 4.99 Å². The van der Waals surface area contributed by atoms with E-state index in [0.29, 0.717) is 38.2 Å². The highest BCUT2D eigenvalue weighted by Crippen LogP contribution is 2.40. The summed E-state index contributed by atoms with van der Waals surface area (Å²) >= 11 is 14.0. The number of amides is 1. The van der Waals surface area contributed by atoms with E-state index < -0.39 is 0 Å². The number of carbonyl (C=O) groups is 1. The first kappa shape index (κ1) is 24.9. The van der Waals surface area contributed by atoms with E-state index in [1.54, 1.807) is 18.5 Å². The average molecular weight is 539 g/mol. The first-order chi connectivity index (χ1) is 17.6. The predicted octanol–water partition coefficient (Wildman–Crippen LogP) is 7.90. The summed E-state index contributed by atoms with van der Waals surface area (Å²) in [7, 11) is 0. The van der Waals surface area contributed by atoms with Crippen molar-refractivity contribution in [1.29, 1.82) is 0 Å². The van der Waals surface area contributed by atoms with Crippen LogP contribution in [0.25, 0.3) is 6.08 Å². The molecule has 0 N–H and O–H groups in total. The quantitative estimate of drug-likeness (QED) is 0.300. The molecule has 3 aromatic rings. The summed E-state index contributed by atoms with van der Waals surface area (Å²) in [4.78, 5) is 25.0. The molecule has 1 aliphatic carbocycles. The Kier molecular flexibility index (Phi) is 7.95. The van der Waals surface area contributed by atoms with Crippen molar-refractivity contribution >= 4 is 57.8 Å². The van der Waals surface area contributed by atoms with Gasteiger partial charge in [0, 0.05) is 34.6 Å². The minimum atomic E-state index is -0.0308. The molecule has 8 heteroatoms. The molecule has 1 amide bonds. The van der Waals surface area contributed by atoms with Gasteiger partial charge in [0.05, 0.1) is 15.6 Å². The molecular weight excluding hydrogens is 513 g/mol. The van der Waals surface area contributed by atoms with Gasteiger partial charge in [-0.05, 0) is 48.9 Å². The fraction of sp³-hybridized carbons (Fsp3) is 0.250. The zero-order valence-corrected chi connectivity index (χ0v) is 21.9. The van der Waals surface area contributed by atoms with Crippen LogP contribution in [-0.4, -0.2) is 27.0 Å². The molecule has 0 atom stereocenters. The standard InChI is InChI=1S/C28H25Cl2N3O2S/c29-22-12-6-4-9-20(22)18-35-25-13-7-5-8-19(25)16-26-27(34)33(21-10-2-1-3-11-21)28(36-26)32-24-14-15-31-17-23(24)30/h4-9,12-17,21H,1-3,10-11,18H2/b26-16-,32-28?. The number of para-hydroxylation sites is 1. The van der Waals surface area contributed by atoms with Gasteiger partial charge in [0.25, 0.3) is 5.91 Å². The van der Waals surface area contributed by atoms with Crippen molar-refractivity contribution in [3.05, 3.63) is 93.1 Å². The number of rotatable bonds is 6. The minimum Gasteiger partial charge on any atom is -0.488 e. The van der Waals surface area contributed by atoms with Crippen molar-refractivity contribution < 1.29 is 9.53 Å². The summed E-state index contributed by atoms with van der Waals surface area (Å²) in [5.74, 6) is 0.654. The zero-order valence-electron chi connectivity index (χ0n) is 19.6. The number of halogens is 2. The van der Waals surface area contributed by atoms with Crippen LogP contribution < -0.4 is 4.74 Å². The molecule has 0 bridgehead atoms. The van der Waals surface area contributed by atoms with Gasteiger partial charge < -0.3 is 4.74 Å². The number of hydrogen-bond donors (Lipinski definition) is 0. The van der Waals surface area contributed by atoms with Crippen molar-refractivity contribution in [2.75, 3.05) is 0 Å². The molecule has 2 aliphatic rings. The summed E-state index contributed by atoms with van der Waals surface area (Å²) < 4.78 is 6.11. The van der Waals surface area contributed by atoms with Gasteiger partial charge in [-0.25, -0.2) is 4.99 Å². The number of amidine groups is 1. The second kappa shape index (κ2) is 11.5. The summed E-state index contributed by atoms with van der Waals surface area (Å²) in [6.07, 6.45) is 10.5. The Morgan fingerprint density at radius 2 is 1.81 bits per heavy atom. The SMILES string of the molecule is O=C1/C(=C/c2ccccc2OCc2ccccc2Cl)SC(=Nc2ccncc2Cl)N1C1CCCCC1. The molecule has 36 heavy (non-hydrogen) atoms. The first-order valence-electron chi connectivity index (χ1n) is 12.0. The maximum absolute atomic E-state index is 13.7. The van der Waals surface area contributed by atoms with Crippen LogP contribution in [-0.2, 0) is 11.4 Å². The van der Waals surface area contributed by atoms with E-state index in [4.69, 9.17) is 32.9 Å². The lowest BCUT2D eigenvalue weighted by Crippen LogP contribution is -2.40. The number of thioether (sulfide) groups is 1. The number of aromatic nitrogens is 1. The van der Waals surface area contributed by atoms with Crippen molar-refractivity contribution in [2.45, 2.75) is 44.8 Å². The Hall–Kier alpha value is -2.80. The van der Waals surface area contributed by atoms with E-state index >= 15 is 0 Å². The fourth-order valence-corrected chi connectivity index (χ4v) is 5.83. The third kappa shape index (κ3) is 5.61. The van der Waals surface area contributed by atoms with Crippen molar-refractivity contribution in [3.8, 4) is 5.75 Å². The molecule has 184 valence electrons. The van der Waals surface area contributed by atoms with Crippen LogP contribution in [0.1, 0.15) is 43.2 Å². The number of pyridine rings is 1. The molecule has 1 aromatic heterocycles. The summed E-state index contributed by atoms with van der Waals surface area (Å²) in [6, 6.07) is 17.2. The average Bonchev–Trinajstić information content (AvgIpc) is 3.20. The Bertz CT molecular complexity index is 1320. The van der Waals surface area contributed by atoms with E-state index in [-0.39, 0.29) is 11.9 Å². The normalized spacial score (nSPS) is 18.8. The first-order valence-corrected chi connectivity index (χ1v) is 13.5. The lowest BCUT2D eigenvalue weighted by atomic mass is 9.94. The number of benzene rings is 2. The van der Waals surface area contributed by atoms with Crippen molar-refractivity contribution in [3.63, 3.8) is 0 Å². The van der Waals surface area contributed by atoms with Crippen LogP contribution in [0.3, 0.4) is 0 Å². The molecule has 1 aliphatic heterocycles. The molecule has 5 nitrogen and oxygen atoms in total. The third-order valence-corrected chi connectivity index (χ3v) is 7.93. The van der Waals surface area contributed by atoms with E-state index in [9.17, 15) is 4.79 Å². The number of nitrogens with zero attached hydrogens (tertiary/aromatic N) is 3. The molecule has 0 spiro atoms. The van der Waals surface area contributed by atoms with E-state index in [2.05, 4.69) is 4.98 Å². The van der Waals surface area contributed by atoms with E-state index in [0.717, 1.165) is 36.8 Å². The van der Waals surface area contributed by atoms with Crippen LogP contribution in [0.5, 0.6) is 5.75 Å². The van der Waals surface area contributed by atoms with Gasteiger partial charge in [0.1, 0.15) is 12.4 Å². The Balaban J connectivity index is 1.45. The molecule has 0 unspecified atom stereocenters. The monoisotopic (exact) mass is 537 g/mol. The molecule has 1 saturated carbocycles. The predicted molar refractivity (Wildman–Crippen MR) is 148 cm³/mol. The van der Waals surface area contributed by atoms with Gasteiger partial charge in [-0.3, -0.25) is 14.7 Å². The molecule has 2 heterocycles. The highest BCUT2D eigenvalue weighted by Gasteiger charge is 2.39. The third-order valence-electron chi connectivity index (χ3n) is 6.29. The maximum atomic E-state index is 13.7. The number of aliphatic imine (C=N–C) groups is 1. The van der Waals surface area contributed by atoms with Crippen LogP contribution in [0.2, 0.25) is 10.0 Å². The van der Waals surface area contributed by atoms with Crippen LogP contribution in [0.4, 0.5) is 5.69 Å². The minimum absolute atomic E-state index is 0.0308. The number of ether oxygens (including phenoxy) is 1. The van der Waals surface area contributed by atoms with E-state index in [1.807, 2.05) is 59.5 Å². The summed E-state index contributed by atoms with van der Waals surface area (Å²) in [5.41, 5.74) is 2.33. The maximum Gasteiger partial charge on any atom is 0.267 e. The summed E-state index contributed by atoms with van der Waals surface area (Å²) in [5, 5.41) is 1.77. The molecule has 0 radical (unpaired) electrons. The lowest BCUT2D eigenvalue weighted by Gasteiger charge is -2.30. The van der Waals surface area contributed by atoms with E-state index in [1.165, 1.54) is 18.2 Å². The second-order valence-electron chi connectivity index (χ2n) is 8.72. The number of carbonyl (C=O) groups excluding carboxylic acids is 1. The summed E-state index contributed by atoms with van der Waals surface area (Å²) in [6.45, 7) is 0.336. The molecular formula is C28H25Cl2N3O2S. The molecule has 5 rings (SSSR count). The van der Waals surface area contributed by atoms with Gasteiger partial charge >= 0.3 is 0 Å². The Labute approximate surface area is 225 Å². The molecule has 2 aromatic carbocycles. The molecule has 1 saturated heterocycles. The van der Waals surface area contributed by atoms with Gasteiger partial charge in [0.2, 0.25) is 0 Å². The fourth-order valence-electron chi connectivity index (χ4n) is 4.43. The zero-order chi connectivity index (χ0) is 24.9. The van der Waals surface area contributed by atoms with Gasteiger partial charge in [-0.15, -0.1) is 0 Å². The Morgan fingerprint density at radius 3 is 2.61 bits per heavy atom. The smallest absolute Gasteiger partial charge is 0.267 e. The van der Waals surface area contributed by atoms with Gasteiger partial charge in [-0.2, -0.15) is 0 Å².